The Kier molecular flexibility index (Phi) is 5.74. The fourth-order valence-electron chi connectivity index (χ4n) is 3.57. The van der Waals surface area contributed by atoms with E-state index in [1.807, 2.05) is 17.0 Å². The second-order valence-corrected chi connectivity index (χ2v) is 7.10. The third-order valence-corrected chi connectivity index (χ3v) is 4.98. The van der Waals surface area contributed by atoms with Gasteiger partial charge in [0.25, 0.3) is 0 Å². The highest BCUT2D eigenvalue weighted by atomic mass is 35.5. The Labute approximate surface area is 147 Å². The molecule has 0 radical (unpaired) electrons. The van der Waals surface area contributed by atoms with Crippen LogP contribution < -0.4 is 5.32 Å². The van der Waals surface area contributed by atoms with Crippen molar-refractivity contribution in [2.24, 2.45) is 5.92 Å². The molecule has 2 heterocycles. The topological polar surface area (TPSA) is 52.7 Å². The molecule has 0 aromatic heterocycles. The molecule has 5 nitrogen and oxygen atoms in total. The van der Waals surface area contributed by atoms with Crippen molar-refractivity contribution in [2.45, 2.75) is 25.7 Å². The maximum absolute atomic E-state index is 12.5. The third-order valence-electron chi connectivity index (χ3n) is 4.75. The number of benzene rings is 1. The molecular formula is C18H24ClN3O2. The average molecular weight is 350 g/mol. The van der Waals surface area contributed by atoms with E-state index in [0.717, 1.165) is 45.3 Å². The minimum atomic E-state index is -0.0634. The van der Waals surface area contributed by atoms with Crippen LogP contribution in [0.25, 0.3) is 0 Å². The smallest absolute Gasteiger partial charge is 0.238 e. The minimum Gasteiger partial charge on any atom is -0.342 e. The van der Waals surface area contributed by atoms with E-state index >= 15 is 0 Å². The lowest BCUT2D eigenvalue weighted by molar-refractivity contribution is -0.136. The van der Waals surface area contributed by atoms with E-state index in [1.165, 1.54) is 0 Å². The molecule has 6 heteroatoms. The van der Waals surface area contributed by atoms with Gasteiger partial charge in [0.15, 0.2) is 0 Å². The zero-order valence-corrected chi connectivity index (χ0v) is 14.6. The predicted molar refractivity (Wildman–Crippen MR) is 95.1 cm³/mol. The summed E-state index contributed by atoms with van der Waals surface area (Å²) in [5, 5.41) is 3.47. The lowest BCUT2D eigenvalue weighted by Crippen LogP contribution is -2.46. The van der Waals surface area contributed by atoms with E-state index in [1.54, 1.807) is 12.1 Å². The summed E-state index contributed by atoms with van der Waals surface area (Å²) >= 11 is 5.93. The van der Waals surface area contributed by atoms with Crippen molar-refractivity contribution < 1.29 is 9.59 Å². The van der Waals surface area contributed by atoms with Crippen LogP contribution in [0.5, 0.6) is 0 Å². The van der Waals surface area contributed by atoms with E-state index in [-0.39, 0.29) is 17.7 Å². The van der Waals surface area contributed by atoms with Crippen molar-refractivity contribution in [1.82, 2.24) is 9.80 Å². The lowest BCUT2D eigenvalue weighted by atomic mass is 9.96. The van der Waals surface area contributed by atoms with Crippen molar-refractivity contribution in [2.75, 3.05) is 38.0 Å². The number of carbonyl (C=O) groups excluding carboxylic acids is 2. The Balaban J connectivity index is 1.51. The highest BCUT2D eigenvalue weighted by Gasteiger charge is 2.30. The zero-order valence-electron chi connectivity index (χ0n) is 13.8. The highest BCUT2D eigenvalue weighted by Crippen LogP contribution is 2.21. The number of carbonyl (C=O) groups is 2. The number of piperidine rings is 1. The van der Waals surface area contributed by atoms with E-state index in [4.69, 9.17) is 11.6 Å². The van der Waals surface area contributed by atoms with Crippen LogP contribution in [0.2, 0.25) is 5.02 Å². The predicted octanol–water partition coefficient (Wildman–Crippen LogP) is 2.61. The normalized spacial score (nSPS) is 21.7. The van der Waals surface area contributed by atoms with Gasteiger partial charge in [-0.15, -0.1) is 0 Å². The van der Waals surface area contributed by atoms with Crippen molar-refractivity contribution in [3.63, 3.8) is 0 Å². The average Bonchev–Trinajstić information content (AvgIpc) is 3.08. The number of nitrogens with one attached hydrogen (secondary N) is 1. The number of rotatable bonds is 4. The van der Waals surface area contributed by atoms with Gasteiger partial charge in [0, 0.05) is 30.3 Å². The van der Waals surface area contributed by atoms with Gasteiger partial charge in [-0.3, -0.25) is 14.5 Å². The van der Waals surface area contributed by atoms with Crippen LogP contribution in [-0.2, 0) is 9.59 Å². The molecule has 2 aliphatic rings. The molecule has 1 atom stereocenters. The Morgan fingerprint density at radius 2 is 1.96 bits per heavy atom. The first-order chi connectivity index (χ1) is 11.6. The maximum atomic E-state index is 12.5. The Hall–Kier alpha value is -1.59. The molecule has 3 rings (SSSR count). The highest BCUT2D eigenvalue weighted by molar-refractivity contribution is 6.30. The van der Waals surface area contributed by atoms with Crippen LogP contribution in [0.4, 0.5) is 5.69 Å². The van der Waals surface area contributed by atoms with Gasteiger partial charge in [-0.05, 0) is 50.4 Å². The monoisotopic (exact) mass is 349 g/mol. The first-order valence-electron chi connectivity index (χ1n) is 8.68. The quantitative estimate of drug-likeness (QED) is 0.909. The molecule has 0 bridgehead atoms. The molecule has 2 saturated heterocycles. The number of nitrogens with zero attached hydrogens (tertiary/aromatic N) is 2. The number of anilines is 1. The molecular weight excluding hydrogens is 326 g/mol. The molecule has 2 amide bonds. The largest absolute Gasteiger partial charge is 0.342 e. The fraction of sp³-hybridized carbons (Fsp3) is 0.556. The van der Waals surface area contributed by atoms with Gasteiger partial charge < -0.3 is 10.2 Å². The Bertz CT molecular complexity index is 602. The van der Waals surface area contributed by atoms with E-state index < -0.39 is 0 Å². The Morgan fingerprint density at radius 3 is 2.71 bits per heavy atom. The Morgan fingerprint density at radius 1 is 1.17 bits per heavy atom. The molecule has 2 fully saturated rings. The van der Waals surface area contributed by atoms with E-state index in [9.17, 15) is 9.59 Å². The summed E-state index contributed by atoms with van der Waals surface area (Å²) in [4.78, 5) is 28.8. The number of likely N-dealkylation sites (tertiary alicyclic amines) is 2. The van der Waals surface area contributed by atoms with Gasteiger partial charge in [0.2, 0.25) is 11.8 Å². The molecule has 0 spiro atoms. The molecule has 1 aromatic carbocycles. The van der Waals surface area contributed by atoms with Crippen molar-refractivity contribution in [3.8, 4) is 0 Å². The molecule has 1 N–H and O–H groups in total. The summed E-state index contributed by atoms with van der Waals surface area (Å²) in [6, 6.07) is 7.13. The minimum absolute atomic E-state index is 0.0378. The first kappa shape index (κ1) is 17.2. The molecule has 24 heavy (non-hydrogen) atoms. The zero-order chi connectivity index (χ0) is 16.9. The van der Waals surface area contributed by atoms with Crippen molar-refractivity contribution >= 4 is 29.1 Å². The SMILES string of the molecule is O=C(CN1CCC[C@@H](C(=O)N2CCCC2)C1)Nc1cccc(Cl)c1. The summed E-state index contributed by atoms with van der Waals surface area (Å²) < 4.78 is 0. The van der Waals surface area contributed by atoms with Crippen LogP contribution in [0.3, 0.4) is 0 Å². The van der Waals surface area contributed by atoms with Gasteiger partial charge in [0.1, 0.15) is 0 Å². The van der Waals surface area contributed by atoms with Crippen molar-refractivity contribution in [1.29, 1.82) is 0 Å². The van der Waals surface area contributed by atoms with E-state index in [2.05, 4.69) is 10.2 Å². The molecule has 1 aromatic rings. The number of halogens is 1. The van der Waals surface area contributed by atoms with Gasteiger partial charge >= 0.3 is 0 Å². The number of amides is 2. The van der Waals surface area contributed by atoms with E-state index in [0.29, 0.717) is 23.8 Å². The van der Waals surface area contributed by atoms with Crippen LogP contribution in [0.1, 0.15) is 25.7 Å². The molecule has 0 aliphatic carbocycles. The third kappa shape index (κ3) is 4.48. The van der Waals surface area contributed by atoms with Gasteiger partial charge in [0.05, 0.1) is 12.5 Å². The van der Waals surface area contributed by atoms with Crippen LogP contribution in [-0.4, -0.2) is 54.3 Å². The summed E-state index contributed by atoms with van der Waals surface area (Å²) in [6.45, 7) is 3.65. The second kappa shape index (κ2) is 7.99. The van der Waals surface area contributed by atoms with Crippen molar-refractivity contribution in [3.05, 3.63) is 29.3 Å². The second-order valence-electron chi connectivity index (χ2n) is 6.67. The fourth-order valence-corrected chi connectivity index (χ4v) is 3.76. The van der Waals surface area contributed by atoms with Crippen LogP contribution in [0.15, 0.2) is 24.3 Å². The summed E-state index contributed by atoms with van der Waals surface area (Å²) in [5.74, 6) is 0.245. The molecule has 2 aliphatic heterocycles. The standard InChI is InChI=1S/C18H24ClN3O2/c19-15-6-3-7-16(11-15)20-17(23)13-21-8-4-5-14(12-21)18(24)22-9-1-2-10-22/h3,6-7,11,14H,1-2,4-5,8-10,12-13H2,(H,20,23)/t14-/m1/s1. The first-order valence-corrected chi connectivity index (χ1v) is 9.06. The molecule has 0 saturated carbocycles. The summed E-state index contributed by atoms with van der Waals surface area (Å²) in [6.07, 6.45) is 4.13. The van der Waals surface area contributed by atoms with Crippen LogP contribution >= 0.6 is 11.6 Å². The molecule has 130 valence electrons. The number of hydrogen-bond donors (Lipinski definition) is 1. The molecule has 0 unspecified atom stereocenters. The van der Waals surface area contributed by atoms with Gasteiger partial charge in [-0.25, -0.2) is 0 Å². The summed E-state index contributed by atoms with van der Waals surface area (Å²) in [5.41, 5.74) is 0.703. The van der Waals surface area contributed by atoms with Crippen LogP contribution in [0, 0.1) is 5.92 Å². The maximum Gasteiger partial charge on any atom is 0.238 e. The van der Waals surface area contributed by atoms with Gasteiger partial charge in [-0.2, -0.15) is 0 Å². The lowest BCUT2D eigenvalue weighted by Gasteiger charge is -2.33. The summed E-state index contributed by atoms with van der Waals surface area (Å²) in [7, 11) is 0. The number of hydrogen-bond acceptors (Lipinski definition) is 3. The van der Waals surface area contributed by atoms with Gasteiger partial charge in [-0.1, -0.05) is 17.7 Å².